The second kappa shape index (κ2) is 13.5. The fraction of sp³-hybridized carbons (Fsp3) is 0.304. The monoisotopic (exact) mass is 443 g/mol. The summed E-state index contributed by atoms with van der Waals surface area (Å²) in [5.41, 5.74) is 3.36. The Labute approximate surface area is 189 Å². The van der Waals surface area contributed by atoms with Gasteiger partial charge < -0.3 is 5.32 Å². The number of amidine groups is 1. The summed E-state index contributed by atoms with van der Waals surface area (Å²) in [6.07, 6.45) is 9.40. The topological polar surface area (TPSA) is 74.0 Å². The molecular weight excluding hydrogens is 417 g/mol. The van der Waals surface area contributed by atoms with Gasteiger partial charge in [0.1, 0.15) is 23.9 Å². The minimum atomic E-state index is -0.0376. The minimum Gasteiger partial charge on any atom is -0.343 e. The standard InChI is InChI=1S/C21H21Cl2N5.C2H6/c1-4-17(7-5-6-15(3)22)27-21(18-9-8-16(23)10-14(18)2)28-20-12-25-13-26-19(20)11-24;1-2/h4-6,8-10,12-13,15H,7H2,1-3H3,(H,27,28);1-2H3/b6-5-,17-4+;. The Bertz CT molecular complexity index is 956. The first-order chi connectivity index (χ1) is 14.4. The molecule has 1 atom stereocenters. The molecule has 0 aliphatic carbocycles. The molecule has 1 heterocycles. The van der Waals surface area contributed by atoms with Gasteiger partial charge in [0, 0.05) is 28.1 Å². The molecule has 0 amide bonds. The summed E-state index contributed by atoms with van der Waals surface area (Å²) in [4.78, 5) is 12.6. The number of aryl methyl sites for hydroxylation is 1. The average Bonchev–Trinajstić information content (AvgIpc) is 2.74. The number of nitrogens with one attached hydrogen (secondary N) is 1. The number of allylic oxidation sites excluding steroid dienone is 3. The fourth-order valence-electron chi connectivity index (χ4n) is 2.43. The SMILES string of the molecule is C/C=C(\C/C=C\C(C)Cl)NC(=Nc1cncnc1C#N)c1ccc(Cl)cc1C.CC. The van der Waals surface area contributed by atoms with Crippen LogP contribution in [0.2, 0.25) is 5.02 Å². The molecule has 1 N–H and O–H groups in total. The van der Waals surface area contributed by atoms with Gasteiger partial charge in [0.05, 0.1) is 6.20 Å². The summed E-state index contributed by atoms with van der Waals surface area (Å²) in [5, 5.41) is 13.3. The molecule has 1 unspecified atom stereocenters. The van der Waals surface area contributed by atoms with Crippen LogP contribution in [-0.2, 0) is 0 Å². The van der Waals surface area contributed by atoms with Crippen LogP contribution in [0.25, 0.3) is 0 Å². The van der Waals surface area contributed by atoms with Gasteiger partial charge in [-0.2, -0.15) is 5.26 Å². The number of halogens is 2. The molecule has 0 aliphatic rings. The van der Waals surface area contributed by atoms with E-state index in [0.717, 1.165) is 16.8 Å². The summed E-state index contributed by atoms with van der Waals surface area (Å²) in [7, 11) is 0. The van der Waals surface area contributed by atoms with Crippen molar-refractivity contribution in [2.24, 2.45) is 4.99 Å². The minimum absolute atomic E-state index is 0.0376. The zero-order valence-electron chi connectivity index (χ0n) is 17.9. The molecule has 0 fully saturated rings. The number of rotatable bonds is 6. The summed E-state index contributed by atoms with van der Waals surface area (Å²) in [6.45, 7) is 9.80. The third-order valence-corrected chi connectivity index (χ3v) is 4.22. The molecule has 0 saturated carbocycles. The van der Waals surface area contributed by atoms with Crippen molar-refractivity contribution in [3.05, 3.63) is 76.5 Å². The Kier molecular flexibility index (Phi) is 11.4. The number of nitrogens with zero attached hydrogens (tertiary/aromatic N) is 4. The van der Waals surface area contributed by atoms with Crippen LogP contribution in [0.3, 0.4) is 0 Å². The largest absolute Gasteiger partial charge is 0.343 e. The lowest BCUT2D eigenvalue weighted by Gasteiger charge is -2.15. The van der Waals surface area contributed by atoms with Crippen molar-refractivity contribution in [3.63, 3.8) is 0 Å². The molecule has 0 bridgehead atoms. The first-order valence-electron chi connectivity index (χ1n) is 9.72. The van der Waals surface area contributed by atoms with Crippen molar-refractivity contribution in [1.29, 1.82) is 5.26 Å². The molecular formula is C23H27Cl2N5. The number of aliphatic imine (C=N–C) groups is 1. The highest BCUT2D eigenvalue weighted by Crippen LogP contribution is 2.20. The second-order valence-corrected chi connectivity index (χ2v) is 7.16. The number of nitriles is 1. The van der Waals surface area contributed by atoms with Crippen LogP contribution in [0.15, 0.2) is 59.6 Å². The zero-order chi connectivity index (χ0) is 22.5. The van der Waals surface area contributed by atoms with Crippen molar-refractivity contribution < 1.29 is 0 Å². The van der Waals surface area contributed by atoms with Crippen molar-refractivity contribution in [3.8, 4) is 6.07 Å². The summed E-state index contributed by atoms with van der Waals surface area (Å²) < 4.78 is 0. The van der Waals surface area contributed by atoms with Crippen LogP contribution in [-0.4, -0.2) is 21.2 Å². The van der Waals surface area contributed by atoms with Crippen molar-refractivity contribution >= 4 is 34.7 Å². The van der Waals surface area contributed by atoms with Gasteiger partial charge >= 0.3 is 0 Å². The molecule has 1 aromatic carbocycles. The first kappa shape index (κ1) is 25.4. The maximum atomic E-state index is 9.31. The Morgan fingerprint density at radius 2 is 2.10 bits per heavy atom. The van der Waals surface area contributed by atoms with E-state index < -0.39 is 0 Å². The lowest BCUT2D eigenvalue weighted by Crippen LogP contribution is -2.24. The molecule has 1 aromatic heterocycles. The van der Waals surface area contributed by atoms with Crippen LogP contribution >= 0.6 is 23.2 Å². The van der Waals surface area contributed by atoms with Crippen LogP contribution in [0.1, 0.15) is 50.9 Å². The molecule has 0 saturated heterocycles. The highest BCUT2D eigenvalue weighted by molar-refractivity contribution is 6.30. The third kappa shape index (κ3) is 7.98. The predicted molar refractivity (Wildman–Crippen MR) is 126 cm³/mol. The molecule has 0 radical (unpaired) electrons. The van der Waals surface area contributed by atoms with E-state index in [-0.39, 0.29) is 11.1 Å². The van der Waals surface area contributed by atoms with Crippen LogP contribution in [0.4, 0.5) is 5.69 Å². The van der Waals surface area contributed by atoms with E-state index in [1.807, 2.05) is 71.0 Å². The summed E-state index contributed by atoms with van der Waals surface area (Å²) in [6, 6.07) is 7.60. The molecule has 30 heavy (non-hydrogen) atoms. The number of alkyl halides is 1. The number of hydrogen-bond donors (Lipinski definition) is 1. The van der Waals surface area contributed by atoms with Gasteiger partial charge in [-0.25, -0.2) is 15.0 Å². The van der Waals surface area contributed by atoms with Crippen LogP contribution in [0.5, 0.6) is 0 Å². The normalized spacial score (nSPS) is 12.7. The average molecular weight is 444 g/mol. The maximum absolute atomic E-state index is 9.31. The predicted octanol–water partition coefficient (Wildman–Crippen LogP) is 6.48. The van der Waals surface area contributed by atoms with Gasteiger partial charge in [-0.3, -0.25) is 0 Å². The molecule has 0 aliphatic heterocycles. The van der Waals surface area contributed by atoms with E-state index in [4.69, 9.17) is 23.2 Å². The fourth-order valence-corrected chi connectivity index (χ4v) is 2.76. The van der Waals surface area contributed by atoms with E-state index >= 15 is 0 Å². The lowest BCUT2D eigenvalue weighted by atomic mass is 10.1. The molecule has 0 spiro atoms. The van der Waals surface area contributed by atoms with Gasteiger partial charge in [-0.05, 0) is 44.5 Å². The molecule has 158 valence electrons. The molecule has 5 nitrogen and oxygen atoms in total. The Morgan fingerprint density at radius 1 is 1.37 bits per heavy atom. The van der Waals surface area contributed by atoms with Gasteiger partial charge in [0.2, 0.25) is 0 Å². The number of hydrogen-bond acceptors (Lipinski definition) is 4. The molecule has 2 rings (SSSR count). The Balaban J connectivity index is 0.00000218. The number of aromatic nitrogens is 2. The van der Waals surface area contributed by atoms with E-state index in [0.29, 0.717) is 23.0 Å². The van der Waals surface area contributed by atoms with Crippen LogP contribution < -0.4 is 5.32 Å². The van der Waals surface area contributed by atoms with E-state index in [9.17, 15) is 5.26 Å². The van der Waals surface area contributed by atoms with Crippen molar-refractivity contribution in [2.45, 2.75) is 46.4 Å². The molecule has 7 heteroatoms. The summed E-state index contributed by atoms with van der Waals surface area (Å²) >= 11 is 12.1. The maximum Gasteiger partial charge on any atom is 0.169 e. The van der Waals surface area contributed by atoms with Gasteiger partial charge in [0.25, 0.3) is 0 Å². The van der Waals surface area contributed by atoms with E-state index in [1.54, 1.807) is 6.07 Å². The lowest BCUT2D eigenvalue weighted by molar-refractivity contribution is 1.02. The smallest absolute Gasteiger partial charge is 0.169 e. The third-order valence-electron chi connectivity index (χ3n) is 3.84. The Hall–Kier alpha value is -2.68. The highest BCUT2D eigenvalue weighted by Gasteiger charge is 2.11. The highest BCUT2D eigenvalue weighted by atomic mass is 35.5. The van der Waals surface area contributed by atoms with Gasteiger partial charge in [-0.1, -0.05) is 43.7 Å². The summed E-state index contributed by atoms with van der Waals surface area (Å²) in [5.74, 6) is 0.584. The second-order valence-electron chi connectivity index (χ2n) is 6.04. The Morgan fingerprint density at radius 3 is 2.70 bits per heavy atom. The number of benzene rings is 1. The van der Waals surface area contributed by atoms with Gasteiger partial charge in [0.15, 0.2) is 5.69 Å². The molecule has 2 aromatic rings. The first-order valence-corrected chi connectivity index (χ1v) is 10.5. The van der Waals surface area contributed by atoms with Crippen molar-refractivity contribution in [1.82, 2.24) is 15.3 Å². The van der Waals surface area contributed by atoms with Gasteiger partial charge in [-0.15, -0.1) is 11.6 Å². The zero-order valence-corrected chi connectivity index (χ0v) is 19.5. The van der Waals surface area contributed by atoms with Crippen molar-refractivity contribution in [2.75, 3.05) is 0 Å². The van der Waals surface area contributed by atoms with E-state index in [1.165, 1.54) is 12.5 Å². The van der Waals surface area contributed by atoms with E-state index in [2.05, 4.69) is 20.3 Å². The quantitative estimate of drug-likeness (QED) is 0.239. The van der Waals surface area contributed by atoms with Crippen LogP contribution in [0, 0.1) is 18.3 Å².